The van der Waals surface area contributed by atoms with Gasteiger partial charge in [0.05, 0.1) is 30.9 Å². The standard InChI is InChI=1S/C19H19N5O/c1-3-24-13-14(11-21-24)12-23-9-8-20-18(23)16-10-15-6-4-5-7-17(15)22-19(16)25-2/h4-11,13H,3,12H2,1-2H3. The van der Waals surface area contributed by atoms with Crippen LogP contribution in [0.2, 0.25) is 0 Å². The third kappa shape index (κ3) is 2.87. The zero-order valence-electron chi connectivity index (χ0n) is 14.3. The van der Waals surface area contributed by atoms with E-state index in [0.29, 0.717) is 12.4 Å². The topological polar surface area (TPSA) is 57.8 Å². The van der Waals surface area contributed by atoms with Crippen molar-refractivity contribution in [1.29, 1.82) is 0 Å². The molecule has 0 spiro atoms. The van der Waals surface area contributed by atoms with Gasteiger partial charge in [0, 0.05) is 36.1 Å². The minimum absolute atomic E-state index is 0.579. The highest BCUT2D eigenvalue weighted by Gasteiger charge is 2.15. The Labute approximate surface area is 145 Å². The molecule has 126 valence electrons. The zero-order chi connectivity index (χ0) is 17.2. The second kappa shape index (κ2) is 6.39. The first-order chi connectivity index (χ1) is 12.3. The van der Waals surface area contributed by atoms with Gasteiger partial charge in [0.2, 0.25) is 5.88 Å². The van der Waals surface area contributed by atoms with Crippen molar-refractivity contribution in [2.24, 2.45) is 0 Å². The maximum Gasteiger partial charge on any atom is 0.224 e. The largest absolute Gasteiger partial charge is 0.480 e. The highest BCUT2D eigenvalue weighted by molar-refractivity contribution is 5.84. The summed E-state index contributed by atoms with van der Waals surface area (Å²) in [6, 6.07) is 10.1. The second-order valence-electron chi connectivity index (χ2n) is 5.82. The number of benzene rings is 1. The van der Waals surface area contributed by atoms with Crippen LogP contribution in [0, 0.1) is 0 Å². The van der Waals surface area contributed by atoms with Crippen LogP contribution in [0.5, 0.6) is 5.88 Å². The summed E-state index contributed by atoms with van der Waals surface area (Å²) in [6.07, 6.45) is 7.71. The molecule has 1 aromatic carbocycles. The molecule has 0 amide bonds. The lowest BCUT2D eigenvalue weighted by Crippen LogP contribution is -2.03. The number of nitrogens with zero attached hydrogens (tertiary/aromatic N) is 5. The normalized spacial score (nSPS) is 11.1. The molecule has 0 saturated carbocycles. The van der Waals surface area contributed by atoms with Gasteiger partial charge in [-0.15, -0.1) is 0 Å². The molecule has 0 fully saturated rings. The maximum absolute atomic E-state index is 5.52. The van der Waals surface area contributed by atoms with Crippen molar-refractivity contribution < 1.29 is 4.74 Å². The molecule has 6 nitrogen and oxygen atoms in total. The van der Waals surface area contributed by atoms with Crippen molar-refractivity contribution in [3.63, 3.8) is 0 Å². The Balaban J connectivity index is 1.77. The Bertz CT molecular complexity index is 1020. The molecular weight excluding hydrogens is 314 g/mol. The third-order valence-corrected chi connectivity index (χ3v) is 4.20. The van der Waals surface area contributed by atoms with Crippen molar-refractivity contribution in [2.45, 2.75) is 20.0 Å². The van der Waals surface area contributed by atoms with Gasteiger partial charge in [-0.25, -0.2) is 9.97 Å². The van der Waals surface area contributed by atoms with Crippen molar-refractivity contribution in [2.75, 3.05) is 7.11 Å². The molecule has 4 aromatic rings. The number of hydrogen-bond donors (Lipinski definition) is 0. The molecule has 0 radical (unpaired) electrons. The third-order valence-electron chi connectivity index (χ3n) is 4.20. The molecule has 25 heavy (non-hydrogen) atoms. The smallest absolute Gasteiger partial charge is 0.224 e. The zero-order valence-corrected chi connectivity index (χ0v) is 14.3. The Kier molecular flexibility index (Phi) is 3.93. The number of rotatable bonds is 5. The van der Waals surface area contributed by atoms with Crippen LogP contribution in [0.4, 0.5) is 0 Å². The number of para-hydroxylation sites is 1. The molecule has 3 heterocycles. The van der Waals surface area contributed by atoms with Crippen LogP contribution in [0.25, 0.3) is 22.3 Å². The van der Waals surface area contributed by atoms with Crippen molar-refractivity contribution >= 4 is 10.9 Å². The molecule has 0 N–H and O–H groups in total. The van der Waals surface area contributed by atoms with Crippen LogP contribution in [0.3, 0.4) is 0 Å². The number of fused-ring (bicyclic) bond motifs is 1. The molecule has 0 aliphatic rings. The first-order valence-corrected chi connectivity index (χ1v) is 8.25. The van der Waals surface area contributed by atoms with Gasteiger partial charge >= 0.3 is 0 Å². The average Bonchev–Trinajstić information content (AvgIpc) is 3.30. The first kappa shape index (κ1) is 15.4. The number of ether oxygens (including phenoxy) is 1. The van der Waals surface area contributed by atoms with E-state index in [4.69, 9.17) is 4.74 Å². The van der Waals surface area contributed by atoms with E-state index < -0.39 is 0 Å². The van der Waals surface area contributed by atoms with Gasteiger partial charge < -0.3 is 9.30 Å². The van der Waals surface area contributed by atoms with Crippen molar-refractivity contribution in [1.82, 2.24) is 24.3 Å². The molecule has 0 bridgehead atoms. The summed E-state index contributed by atoms with van der Waals surface area (Å²) in [5, 5.41) is 5.40. The maximum atomic E-state index is 5.52. The number of hydrogen-bond acceptors (Lipinski definition) is 4. The Morgan fingerprint density at radius 1 is 1.20 bits per heavy atom. The number of pyridine rings is 1. The summed E-state index contributed by atoms with van der Waals surface area (Å²) in [6.45, 7) is 3.63. The van der Waals surface area contributed by atoms with Crippen molar-refractivity contribution in [3.05, 3.63) is 60.7 Å². The van der Waals surface area contributed by atoms with Gasteiger partial charge in [0.25, 0.3) is 0 Å². The number of aromatic nitrogens is 5. The van der Waals surface area contributed by atoms with E-state index in [2.05, 4.69) is 38.8 Å². The van der Waals surface area contributed by atoms with E-state index in [1.165, 1.54) is 0 Å². The average molecular weight is 333 g/mol. The summed E-state index contributed by atoms with van der Waals surface area (Å²) in [5.41, 5.74) is 2.92. The number of aryl methyl sites for hydroxylation is 1. The van der Waals surface area contributed by atoms with Crippen LogP contribution in [0.15, 0.2) is 55.1 Å². The van der Waals surface area contributed by atoms with Crippen molar-refractivity contribution in [3.8, 4) is 17.3 Å². The number of imidazole rings is 1. The minimum atomic E-state index is 0.579. The van der Waals surface area contributed by atoms with Crippen LogP contribution in [0.1, 0.15) is 12.5 Å². The van der Waals surface area contributed by atoms with Gasteiger partial charge in [-0.3, -0.25) is 4.68 Å². The van der Waals surface area contributed by atoms with E-state index in [9.17, 15) is 0 Å². The molecule has 0 aliphatic carbocycles. The summed E-state index contributed by atoms with van der Waals surface area (Å²) < 4.78 is 9.53. The summed E-state index contributed by atoms with van der Waals surface area (Å²) >= 11 is 0. The van der Waals surface area contributed by atoms with Crippen LogP contribution in [-0.2, 0) is 13.1 Å². The molecule has 3 aromatic heterocycles. The minimum Gasteiger partial charge on any atom is -0.480 e. The van der Waals surface area contributed by atoms with Gasteiger partial charge in [-0.2, -0.15) is 5.10 Å². The van der Waals surface area contributed by atoms with Crippen LogP contribution in [-0.4, -0.2) is 31.4 Å². The quantitative estimate of drug-likeness (QED) is 0.562. The molecule has 4 rings (SSSR count). The fourth-order valence-electron chi connectivity index (χ4n) is 2.95. The summed E-state index contributed by atoms with van der Waals surface area (Å²) in [7, 11) is 1.64. The summed E-state index contributed by atoms with van der Waals surface area (Å²) in [4.78, 5) is 9.16. The molecule has 0 unspecified atom stereocenters. The van der Waals surface area contributed by atoms with E-state index in [0.717, 1.165) is 34.4 Å². The van der Waals surface area contributed by atoms with Gasteiger partial charge in [0.1, 0.15) is 5.82 Å². The number of methoxy groups -OCH3 is 1. The lowest BCUT2D eigenvalue weighted by atomic mass is 10.1. The highest BCUT2D eigenvalue weighted by atomic mass is 16.5. The van der Waals surface area contributed by atoms with E-state index in [1.807, 2.05) is 41.3 Å². The van der Waals surface area contributed by atoms with E-state index in [1.54, 1.807) is 13.3 Å². The van der Waals surface area contributed by atoms with Crippen LogP contribution < -0.4 is 4.74 Å². The van der Waals surface area contributed by atoms with E-state index >= 15 is 0 Å². The predicted molar refractivity (Wildman–Crippen MR) is 96.5 cm³/mol. The predicted octanol–water partition coefficient (Wildman–Crippen LogP) is 3.37. The first-order valence-electron chi connectivity index (χ1n) is 8.25. The lowest BCUT2D eigenvalue weighted by molar-refractivity contribution is 0.401. The lowest BCUT2D eigenvalue weighted by Gasteiger charge is -2.11. The van der Waals surface area contributed by atoms with E-state index in [-0.39, 0.29) is 0 Å². The highest BCUT2D eigenvalue weighted by Crippen LogP contribution is 2.30. The van der Waals surface area contributed by atoms with Crippen LogP contribution >= 0.6 is 0 Å². The summed E-state index contributed by atoms with van der Waals surface area (Å²) in [5.74, 6) is 1.41. The molecule has 0 aliphatic heterocycles. The fraction of sp³-hybridized carbons (Fsp3) is 0.211. The molecular formula is C19H19N5O. The Hall–Kier alpha value is -3.15. The Morgan fingerprint density at radius 2 is 2.08 bits per heavy atom. The van der Waals surface area contributed by atoms with Gasteiger partial charge in [-0.05, 0) is 19.1 Å². The fourth-order valence-corrected chi connectivity index (χ4v) is 2.95. The Morgan fingerprint density at radius 3 is 2.88 bits per heavy atom. The SMILES string of the molecule is CCn1cc(Cn2ccnc2-c2cc3ccccc3nc2OC)cn1. The van der Waals surface area contributed by atoms with Gasteiger partial charge in [-0.1, -0.05) is 18.2 Å². The molecule has 0 atom stereocenters. The molecule has 0 saturated heterocycles. The second-order valence-corrected chi connectivity index (χ2v) is 5.82. The van der Waals surface area contributed by atoms with Gasteiger partial charge in [0.15, 0.2) is 0 Å². The monoisotopic (exact) mass is 333 g/mol. The molecule has 6 heteroatoms.